The Labute approximate surface area is 142 Å². The lowest BCUT2D eigenvalue weighted by molar-refractivity contribution is -0.132. The third-order valence-corrected chi connectivity index (χ3v) is 5.07. The van der Waals surface area contributed by atoms with Crippen molar-refractivity contribution in [3.05, 3.63) is 22.4 Å². The molecule has 1 saturated carbocycles. The molecule has 1 heterocycles. The van der Waals surface area contributed by atoms with Gasteiger partial charge in [0.05, 0.1) is 24.0 Å². The van der Waals surface area contributed by atoms with Crippen LogP contribution in [-0.4, -0.2) is 35.3 Å². The van der Waals surface area contributed by atoms with Gasteiger partial charge in [0.1, 0.15) is 11.9 Å². The minimum absolute atomic E-state index is 0.107. The Morgan fingerprint density at radius 2 is 1.58 bits per heavy atom. The molecular weight excluding hydrogens is 304 g/mol. The third kappa shape index (κ3) is 2.93. The second kappa shape index (κ2) is 6.01. The molecule has 0 radical (unpaired) electrons. The van der Waals surface area contributed by atoms with E-state index in [0.717, 1.165) is 38.0 Å². The highest BCUT2D eigenvalue weighted by Gasteiger charge is 2.39. The van der Waals surface area contributed by atoms with Crippen LogP contribution in [0.25, 0.3) is 0 Å². The van der Waals surface area contributed by atoms with Crippen molar-refractivity contribution in [2.45, 2.75) is 52.4 Å². The van der Waals surface area contributed by atoms with Crippen LogP contribution in [0.2, 0.25) is 0 Å². The molecule has 3 aliphatic rings. The Morgan fingerprint density at radius 3 is 2.12 bits per heavy atom. The van der Waals surface area contributed by atoms with Crippen LogP contribution >= 0.6 is 0 Å². The lowest BCUT2D eigenvalue weighted by atomic mass is 9.70. The van der Waals surface area contributed by atoms with Crippen LogP contribution in [0.3, 0.4) is 0 Å². The van der Waals surface area contributed by atoms with E-state index in [0.29, 0.717) is 17.6 Å². The van der Waals surface area contributed by atoms with Crippen molar-refractivity contribution in [2.75, 3.05) is 13.1 Å². The van der Waals surface area contributed by atoms with E-state index in [1.807, 2.05) is 0 Å². The number of allylic oxidation sites excluding steroid dienone is 4. The van der Waals surface area contributed by atoms with E-state index in [2.05, 4.69) is 24.8 Å². The van der Waals surface area contributed by atoms with E-state index in [1.54, 1.807) is 0 Å². The fourth-order valence-electron chi connectivity index (χ4n) is 4.04. The lowest BCUT2D eigenvalue weighted by Crippen LogP contribution is -2.33. The number of rotatable bonds is 1. The molecule has 0 bridgehead atoms. The number of ketones is 3. The Kier molecular flexibility index (Phi) is 4.16. The number of likely N-dealkylation sites (tertiary alicyclic amines) is 1. The lowest BCUT2D eigenvalue weighted by Gasteiger charge is -2.38. The average molecular weight is 326 g/mol. The van der Waals surface area contributed by atoms with Crippen molar-refractivity contribution in [1.29, 1.82) is 5.26 Å². The number of hydrogen-bond acceptors (Lipinski definition) is 5. The van der Waals surface area contributed by atoms with Crippen LogP contribution in [0.15, 0.2) is 22.4 Å². The summed E-state index contributed by atoms with van der Waals surface area (Å²) < 4.78 is 0. The normalized spacial score (nSPS) is 24.7. The van der Waals surface area contributed by atoms with Crippen LogP contribution in [0, 0.1) is 16.7 Å². The molecule has 2 fully saturated rings. The van der Waals surface area contributed by atoms with Crippen molar-refractivity contribution in [2.24, 2.45) is 5.41 Å². The smallest absolute Gasteiger partial charge is 0.174 e. The molecule has 126 valence electrons. The molecule has 1 saturated heterocycles. The highest BCUT2D eigenvalue weighted by Crippen LogP contribution is 2.45. The quantitative estimate of drug-likeness (QED) is 0.420. The molecule has 0 aromatic heterocycles. The largest absolute Gasteiger partial charge is 0.374 e. The van der Waals surface area contributed by atoms with Gasteiger partial charge in [-0.1, -0.05) is 13.8 Å². The van der Waals surface area contributed by atoms with Gasteiger partial charge >= 0.3 is 0 Å². The standard InChI is InChI=1S/C19H22N2O3/c1-19(2)9-13(18-16(23)7-12(22)8-17(18)24)14(11-20)15(10-19)21-5-3-4-6-21/h3-10H2,1-2H3. The monoisotopic (exact) mass is 326 g/mol. The van der Waals surface area contributed by atoms with Gasteiger partial charge in [0, 0.05) is 18.8 Å². The maximum atomic E-state index is 12.4. The molecule has 5 nitrogen and oxygen atoms in total. The van der Waals surface area contributed by atoms with Gasteiger partial charge in [0.25, 0.3) is 0 Å². The predicted molar refractivity (Wildman–Crippen MR) is 87.7 cm³/mol. The first-order chi connectivity index (χ1) is 11.3. The zero-order valence-corrected chi connectivity index (χ0v) is 14.3. The fraction of sp³-hybridized carbons (Fsp3) is 0.579. The number of nitriles is 1. The van der Waals surface area contributed by atoms with E-state index in [-0.39, 0.29) is 29.6 Å². The van der Waals surface area contributed by atoms with E-state index in [9.17, 15) is 19.6 Å². The van der Waals surface area contributed by atoms with E-state index >= 15 is 0 Å². The molecule has 0 aromatic rings. The second-order valence-corrected chi connectivity index (χ2v) is 7.74. The summed E-state index contributed by atoms with van der Waals surface area (Å²) in [5.74, 6) is -1.17. The van der Waals surface area contributed by atoms with E-state index < -0.39 is 11.6 Å². The SMILES string of the molecule is CC1(C)CC(=C2C(=O)CC(=O)CC2=O)C(C#N)=C(N2CCCC2)C1. The van der Waals surface area contributed by atoms with Gasteiger partial charge in [0.2, 0.25) is 0 Å². The summed E-state index contributed by atoms with van der Waals surface area (Å²) in [7, 11) is 0. The maximum absolute atomic E-state index is 12.4. The van der Waals surface area contributed by atoms with Crippen LogP contribution in [0.1, 0.15) is 52.4 Å². The molecule has 0 aromatic carbocycles. The van der Waals surface area contributed by atoms with Crippen LogP contribution < -0.4 is 0 Å². The van der Waals surface area contributed by atoms with Gasteiger partial charge in [-0.25, -0.2) is 0 Å². The zero-order valence-electron chi connectivity index (χ0n) is 14.3. The average Bonchev–Trinajstić information content (AvgIpc) is 2.98. The van der Waals surface area contributed by atoms with Gasteiger partial charge in [-0.2, -0.15) is 5.26 Å². The molecule has 24 heavy (non-hydrogen) atoms. The highest BCUT2D eigenvalue weighted by molar-refractivity contribution is 6.33. The molecule has 5 heteroatoms. The second-order valence-electron chi connectivity index (χ2n) is 7.74. The van der Waals surface area contributed by atoms with Gasteiger partial charge in [-0.05, 0) is 36.7 Å². The summed E-state index contributed by atoms with van der Waals surface area (Å²) in [6.45, 7) is 6.03. The summed E-state index contributed by atoms with van der Waals surface area (Å²) in [5, 5.41) is 9.76. The van der Waals surface area contributed by atoms with Crippen LogP contribution in [0.4, 0.5) is 0 Å². The first kappa shape index (κ1) is 16.6. The minimum atomic E-state index is -0.419. The molecule has 0 atom stereocenters. The molecule has 2 aliphatic carbocycles. The minimum Gasteiger partial charge on any atom is -0.374 e. The number of carbonyl (C=O) groups is 3. The third-order valence-electron chi connectivity index (χ3n) is 5.07. The van der Waals surface area contributed by atoms with Crippen molar-refractivity contribution in [1.82, 2.24) is 4.90 Å². The molecule has 0 unspecified atom stereocenters. The number of nitrogens with zero attached hydrogens (tertiary/aromatic N) is 2. The molecule has 0 N–H and O–H groups in total. The molecule has 0 spiro atoms. The first-order valence-electron chi connectivity index (χ1n) is 8.52. The molecule has 1 aliphatic heterocycles. The Balaban J connectivity index is 2.17. The van der Waals surface area contributed by atoms with Gasteiger partial charge in [-0.15, -0.1) is 0 Å². The van der Waals surface area contributed by atoms with Crippen LogP contribution in [0.5, 0.6) is 0 Å². The first-order valence-corrected chi connectivity index (χ1v) is 8.52. The summed E-state index contributed by atoms with van der Waals surface area (Å²) in [6, 6.07) is 2.26. The van der Waals surface area contributed by atoms with Gasteiger partial charge < -0.3 is 4.90 Å². The number of hydrogen-bond donors (Lipinski definition) is 0. The number of carbonyl (C=O) groups excluding carboxylic acids is 3. The summed E-state index contributed by atoms with van der Waals surface area (Å²) in [6.07, 6.45) is 3.05. The summed E-state index contributed by atoms with van der Waals surface area (Å²) in [4.78, 5) is 38.5. The Hall–Kier alpha value is -2.22. The van der Waals surface area contributed by atoms with Crippen molar-refractivity contribution < 1.29 is 14.4 Å². The Bertz CT molecular complexity index is 706. The predicted octanol–water partition coefficient (Wildman–Crippen LogP) is 2.48. The van der Waals surface area contributed by atoms with Crippen molar-refractivity contribution >= 4 is 17.3 Å². The van der Waals surface area contributed by atoms with Crippen LogP contribution in [-0.2, 0) is 14.4 Å². The molecule has 0 amide bonds. The fourth-order valence-corrected chi connectivity index (χ4v) is 4.04. The van der Waals surface area contributed by atoms with Gasteiger partial charge in [-0.3, -0.25) is 14.4 Å². The van der Waals surface area contributed by atoms with E-state index in [4.69, 9.17) is 0 Å². The molecular formula is C19H22N2O3. The summed E-state index contributed by atoms with van der Waals surface area (Å²) >= 11 is 0. The molecule has 3 rings (SSSR count). The van der Waals surface area contributed by atoms with Crippen molar-refractivity contribution in [3.63, 3.8) is 0 Å². The van der Waals surface area contributed by atoms with E-state index in [1.165, 1.54) is 0 Å². The topological polar surface area (TPSA) is 78.2 Å². The maximum Gasteiger partial charge on any atom is 0.174 e. The zero-order chi connectivity index (χ0) is 17.5. The highest BCUT2D eigenvalue weighted by atomic mass is 16.2. The van der Waals surface area contributed by atoms with Gasteiger partial charge in [0.15, 0.2) is 11.6 Å². The number of Topliss-reactive ketones (excluding diaryl/α,β-unsaturated/α-hetero) is 3. The van der Waals surface area contributed by atoms with Crippen molar-refractivity contribution in [3.8, 4) is 6.07 Å². The Morgan fingerprint density at radius 1 is 1.00 bits per heavy atom. The summed E-state index contributed by atoms with van der Waals surface area (Å²) in [5.41, 5.74) is 2.00.